The first-order chi connectivity index (χ1) is 16.7. The third-order valence-corrected chi connectivity index (χ3v) is 8.10. The molecule has 4 aromatic heterocycles. The summed E-state index contributed by atoms with van der Waals surface area (Å²) in [5, 5.41) is 13.7. The van der Waals surface area contributed by atoms with E-state index in [2.05, 4.69) is 39.5 Å². The Kier molecular flexibility index (Phi) is 7.23. The quantitative estimate of drug-likeness (QED) is 0.338. The maximum absolute atomic E-state index is 13.4. The molecule has 0 aliphatic heterocycles. The van der Waals surface area contributed by atoms with E-state index in [1.54, 1.807) is 42.0 Å². The van der Waals surface area contributed by atoms with Crippen LogP contribution in [0.1, 0.15) is 44.2 Å². The summed E-state index contributed by atoms with van der Waals surface area (Å²) in [4.78, 5) is 12.7. The molecule has 0 saturated carbocycles. The van der Waals surface area contributed by atoms with Crippen LogP contribution in [0.5, 0.6) is 5.88 Å². The monoisotopic (exact) mass is 535 g/mol. The predicted octanol–water partition coefficient (Wildman–Crippen LogP) is 3.19. The number of sulfonamides is 1. The van der Waals surface area contributed by atoms with E-state index in [1.165, 1.54) is 31.0 Å². The van der Waals surface area contributed by atoms with Crippen molar-refractivity contribution in [3.63, 3.8) is 0 Å². The van der Waals surface area contributed by atoms with Crippen molar-refractivity contribution < 1.29 is 13.2 Å². The second-order valence-electron chi connectivity index (χ2n) is 7.69. The van der Waals surface area contributed by atoms with Gasteiger partial charge in [-0.3, -0.25) is 9.29 Å². The Balaban J connectivity index is 1.72. The average Bonchev–Trinajstić information content (AvgIpc) is 3.53. The Morgan fingerprint density at radius 3 is 2.51 bits per heavy atom. The third kappa shape index (κ3) is 5.23. The molecular formula is C20H22ClN9O3S2. The van der Waals surface area contributed by atoms with Gasteiger partial charge in [-0.05, 0) is 31.4 Å². The zero-order valence-corrected chi connectivity index (χ0v) is 21.6. The molecule has 35 heavy (non-hydrogen) atoms. The van der Waals surface area contributed by atoms with Crippen LogP contribution in [0, 0.1) is 0 Å². The van der Waals surface area contributed by atoms with Crippen LogP contribution < -0.4 is 9.46 Å². The van der Waals surface area contributed by atoms with Crippen LogP contribution in [0.25, 0.3) is 11.5 Å². The van der Waals surface area contributed by atoms with E-state index in [0.717, 1.165) is 0 Å². The van der Waals surface area contributed by atoms with Gasteiger partial charge in [-0.2, -0.15) is 0 Å². The maximum atomic E-state index is 13.4. The molecule has 12 nitrogen and oxygen atoms in total. The molecule has 3 atom stereocenters. The number of nitrogens with one attached hydrogen (secondary N) is 1. The fraction of sp³-hybridized carbons (Fsp3) is 0.350. The molecule has 0 saturated heterocycles. The average molecular weight is 536 g/mol. The topological polar surface area (TPSA) is 151 Å². The van der Waals surface area contributed by atoms with Gasteiger partial charge in [0.1, 0.15) is 11.5 Å². The highest BCUT2D eigenvalue weighted by Crippen LogP contribution is 2.30. The summed E-state index contributed by atoms with van der Waals surface area (Å²) in [7, 11) is -2.44. The summed E-state index contributed by atoms with van der Waals surface area (Å²) in [6.07, 6.45) is 2.86. The molecule has 0 bridgehead atoms. The molecular weight excluding hydrogens is 514 g/mol. The maximum Gasteiger partial charge on any atom is 0.239 e. The van der Waals surface area contributed by atoms with Gasteiger partial charge in [0.15, 0.2) is 5.82 Å². The molecule has 2 unspecified atom stereocenters. The van der Waals surface area contributed by atoms with E-state index in [1.807, 2.05) is 6.92 Å². The first-order valence-electron chi connectivity index (χ1n) is 10.4. The SMILES string of the molecule is COc1cccc(-c2nnc(NS(=O)(=O)C(C)C(C)c3ncc(Cl)cn3)n2[C@H](C)c2csnn2)n1. The van der Waals surface area contributed by atoms with E-state index in [4.69, 9.17) is 16.3 Å². The summed E-state index contributed by atoms with van der Waals surface area (Å²) < 4.78 is 40.1. The lowest BCUT2D eigenvalue weighted by Gasteiger charge is -2.21. The highest BCUT2D eigenvalue weighted by molar-refractivity contribution is 7.93. The van der Waals surface area contributed by atoms with Gasteiger partial charge in [0.25, 0.3) is 0 Å². The third-order valence-electron chi connectivity index (χ3n) is 5.52. The molecule has 4 heterocycles. The normalized spacial score (nSPS) is 14.3. The molecule has 0 aliphatic rings. The first-order valence-corrected chi connectivity index (χ1v) is 13.2. The number of anilines is 1. The first kappa shape index (κ1) is 24.9. The molecule has 0 amide bonds. The molecule has 0 aromatic carbocycles. The molecule has 1 N–H and O–H groups in total. The van der Waals surface area contributed by atoms with Gasteiger partial charge in [0.05, 0.1) is 29.1 Å². The number of hydrogen-bond donors (Lipinski definition) is 1. The van der Waals surface area contributed by atoms with Crippen LogP contribution in [-0.2, 0) is 10.0 Å². The second kappa shape index (κ2) is 10.2. The van der Waals surface area contributed by atoms with Crippen molar-refractivity contribution in [2.24, 2.45) is 0 Å². The number of pyridine rings is 1. The van der Waals surface area contributed by atoms with Gasteiger partial charge in [-0.15, -0.1) is 15.3 Å². The summed E-state index contributed by atoms with van der Waals surface area (Å²) in [5.41, 5.74) is 1.07. The standard InChI is InChI=1S/C20H22ClN9O3S2/c1-11(18-22-8-14(21)9-23-18)13(3)35(31,32)28-20-27-26-19(15-6-5-7-17(24-15)33-4)30(20)12(2)16-10-34-29-25-16/h5-13H,1-4H3,(H,27,28)/t11?,12-,13?/m1/s1. The van der Waals surface area contributed by atoms with Crippen molar-refractivity contribution in [3.05, 3.63) is 52.5 Å². The zero-order valence-electron chi connectivity index (χ0n) is 19.2. The van der Waals surface area contributed by atoms with Gasteiger partial charge in [0, 0.05) is 29.8 Å². The number of hydrogen-bond acceptors (Lipinski definition) is 11. The number of nitrogens with zero attached hydrogens (tertiary/aromatic N) is 8. The van der Waals surface area contributed by atoms with Crippen molar-refractivity contribution >= 4 is 39.1 Å². The van der Waals surface area contributed by atoms with E-state index in [9.17, 15) is 8.42 Å². The van der Waals surface area contributed by atoms with Crippen LogP contribution in [-0.4, -0.2) is 60.1 Å². The Morgan fingerprint density at radius 2 is 1.86 bits per heavy atom. The Labute approximate surface area is 211 Å². The zero-order chi connectivity index (χ0) is 25.2. The van der Waals surface area contributed by atoms with Gasteiger partial charge in [-0.25, -0.2) is 23.4 Å². The van der Waals surface area contributed by atoms with Crippen LogP contribution in [0.3, 0.4) is 0 Å². The molecule has 15 heteroatoms. The number of halogens is 1. The van der Waals surface area contributed by atoms with Crippen LogP contribution >= 0.6 is 23.1 Å². The van der Waals surface area contributed by atoms with Gasteiger partial charge in [0.2, 0.25) is 21.9 Å². The molecule has 4 aromatic rings. The number of methoxy groups -OCH3 is 1. The lowest BCUT2D eigenvalue weighted by Crippen LogP contribution is -2.32. The lowest BCUT2D eigenvalue weighted by atomic mass is 10.1. The molecule has 184 valence electrons. The summed E-state index contributed by atoms with van der Waals surface area (Å²) >= 11 is 7.05. The lowest BCUT2D eigenvalue weighted by molar-refractivity contribution is 0.398. The van der Waals surface area contributed by atoms with Crippen molar-refractivity contribution in [2.75, 3.05) is 11.8 Å². The summed E-state index contributed by atoms with van der Waals surface area (Å²) in [6, 6.07) is 4.74. The van der Waals surface area contributed by atoms with E-state index >= 15 is 0 Å². The summed E-state index contributed by atoms with van der Waals surface area (Å²) in [5.74, 6) is 0.565. The fourth-order valence-corrected chi connectivity index (χ4v) is 5.17. The van der Waals surface area contributed by atoms with Crippen molar-refractivity contribution in [1.82, 2.24) is 39.3 Å². The van der Waals surface area contributed by atoms with Gasteiger partial charge >= 0.3 is 0 Å². The minimum atomic E-state index is -3.94. The number of ether oxygens (including phenoxy) is 1. The Bertz CT molecular complexity index is 1400. The molecule has 0 spiro atoms. The Morgan fingerprint density at radius 1 is 1.11 bits per heavy atom. The summed E-state index contributed by atoms with van der Waals surface area (Å²) in [6.45, 7) is 5.15. The minimum absolute atomic E-state index is 0.0150. The van der Waals surface area contributed by atoms with Crippen molar-refractivity contribution in [2.45, 2.75) is 38.0 Å². The van der Waals surface area contributed by atoms with Crippen molar-refractivity contribution in [3.8, 4) is 17.4 Å². The van der Waals surface area contributed by atoms with E-state index < -0.39 is 27.2 Å². The van der Waals surface area contributed by atoms with Crippen LogP contribution in [0.15, 0.2) is 36.0 Å². The number of aromatic nitrogens is 8. The van der Waals surface area contributed by atoms with E-state index in [0.29, 0.717) is 33.9 Å². The molecule has 4 rings (SSSR count). The molecule has 0 fully saturated rings. The van der Waals surface area contributed by atoms with Gasteiger partial charge in [-0.1, -0.05) is 29.1 Å². The highest BCUT2D eigenvalue weighted by Gasteiger charge is 2.32. The molecule has 0 radical (unpaired) electrons. The minimum Gasteiger partial charge on any atom is -0.481 e. The van der Waals surface area contributed by atoms with Gasteiger partial charge < -0.3 is 4.74 Å². The number of rotatable bonds is 9. The largest absolute Gasteiger partial charge is 0.481 e. The predicted molar refractivity (Wildman–Crippen MR) is 131 cm³/mol. The smallest absolute Gasteiger partial charge is 0.239 e. The van der Waals surface area contributed by atoms with E-state index in [-0.39, 0.29) is 5.95 Å². The highest BCUT2D eigenvalue weighted by atomic mass is 35.5. The fourth-order valence-electron chi connectivity index (χ4n) is 3.30. The van der Waals surface area contributed by atoms with Crippen molar-refractivity contribution in [1.29, 1.82) is 0 Å². The van der Waals surface area contributed by atoms with Crippen LogP contribution in [0.2, 0.25) is 5.02 Å². The second-order valence-corrected chi connectivity index (χ2v) is 10.8. The molecule has 0 aliphatic carbocycles. The van der Waals surface area contributed by atoms with Crippen LogP contribution in [0.4, 0.5) is 5.95 Å². The Hall–Kier alpha value is -3.23.